The summed E-state index contributed by atoms with van der Waals surface area (Å²) in [5.41, 5.74) is 1.96. The zero-order valence-corrected chi connectivity index (χ0v) is 13.4. The molecule has 0 bridgehead atoms. The largest absolute Gasteiger partial charge is 0.310 e. The maximum Gasteiger partial charge on any atom is 0.124 e. The number of benzene rings is 1. The molecule has 0 saturated heterocycles. The highest BCUT2D eigenvalue weighted by Crippen LogP contribution is 2.28. The molecule has 1 aromatic carbocycles. The van der Waals surface area contributed by atoms with Crippen molar-refractivity contribution in [3.8, 4) is 0 Å². The van der Waals surface area contributed by atoms with E-state index in [1.807, 2.05) is 6.92 Å². The second-order valence-corrected chi connectivity index (χ2v) is 6.27. The molecule has 0 saturated carbocycles. The maximum absolute atomic E-state index is 13.0. The normalized spacial score (nSPS) is 12.7. The van der Waals surface area contributed by atoms with Crippen LogP contribution in [0.3, 0.4) is 0 Å². The molecule has 0 radical (unpaired) electrons. The zero-order valence-electron chi connectivity index (χ0n) is 11.8. The molecule has 0 aliphatic rings. The van der Waals surface area contributed by atoms with E-state index < -0.39 is 0 Å². The molecule has 0 fully saturated rings. The Balaban J connectivity index is 2.20. The third kappa shape index (κ3) is 3.57. The smallest absolute Gasteiger partial charge is 0.124 e. The van der Waals surface area contributed by atoms with Gasteiger partial charge in [-0.2, -0.15) is 0 Å². The molecule has 0 aliphatic carbocycles. The van der Waals surface area contributed by atoms with E-state index >= 15 is 0 Å². The first-order valence-corrected chi connectivity index (χ1v) is 7.84. The first-order valence-electron chi connectivity index (χ1n) is 6.64. The molecule has 2 aromatic rings. The van der Waals surface area contributed by atoms with Gasteiger partial charge >= 0.3 is 0 Å². The molecule has 1 heterocycles. The van der Waals surface area contributed by atoms with Gasteiger partial charge in [0.05, 0.1) is 10.7 Å². The highest BCUT2D eigenvalue weighted by atomic mass is 35.5. The molecule has 5 heteroatoms. The number of nitrogens with one attached hydrogen (secondary N) is 1. The summed E-state index contributed by atoms with van der Waals surface area (Å²) in [7, 11) is 0. The Kier molecular flexibility index (Phi) is 5.13. The van der Waals surface area contributed by atoms with Crippen LogP contribution < -0.4 is 5.32 Å². The Hall–Kier alpha value is -0.970. The number of aromatic nitrogens is 1. The number of thiazole rings is 1. The van der Waals surface area contributed by atoms with Crippen LogP contribution in [0.5, 0.6) is 0 Å². The molecule has 1 unspecified atom stereocenters. The molecule has 2 rings (SSSR count). The summed E-state index contributed by atoms with van der Waals surface area (Å²) < 4.78 is 13.0. The van der Waals surface area contributed by atoms with E-state index in [4.69, 9.17) is 11.6 Å². The van der Waals surface area contributed by atoms with E-state index in [1.54, 1.807) is 17.4 Å². The number of hydrogen-bond donors (Lipinski definition) is 1. The second-order valence-electron chi connectivity index (χ2n) is 4.75. The summed E-state index contributed by atoms with van der Waals surface area (Å²) in [6, 6.07) is 4.81. The van der Waals surface area contributed by atoms with Crippen molar-refractivity contribution in [2.24, 2.45) is 0 Å². The highest BCUT2D eigenvalue weighted by molar-refractivity contribution is 7.11. The molecule has 0 amide bonds. The van der Waals surface area contributed by atoms with E-state index in [9.17, 15) is 4.39 Å². The van der Waals surface area contributed by atoms with Gasteiger partial charge in [-0.15, -0.1) is 11.3 Å². The fourth-order valence-corrected chi connectivity index (χ4v) is 3.52. The Bertz CT molecular complexity index is 598. The SMILES string of the molecule is CCNC(C)c1sc(Cc2ccc(F)cc2Cl)nc1C. The summed E-state index contributed by atoms with van der Waals surface area (Å²) in [5, 5.41) is 4.86. The summed E-state index contributed by atoms with van der Waals surface area (Å²) in [4.78, 5) is 5.85. The fourth-order valence-electron chi connectivity index (χ4n) is 2.17. The summed E-state index contributed by atoms with van der Waals surface area (Å²) in [6.45, 7) is 7.18. The van der Waals surface area contributed by atoms with Crippen molar-refractivity contribution >= 4 is 22.9 Å². The van der Waals surface area contributed by atoms with Crippen LogP contribution in [-0.4, -0.2) is 11.5 Å². The number of hydrogen-bond acceptors (Lipinski definition) is 3. The molecule has 0 aliphatic heterocycles. The van der Waals surface area contributed by atoms with Crippen LogP contribution in [-0.2, 0) is 6.42 Å². The highest BCUT2D eigenvalue weighted by Gasteiger charge is 2.14. The predicted molar refractivity (Wildman–Crippen MR) is 83.2 cm³/mol. The van der Waals surface area contributed by atoms with Crippen LogP contribution in [0.1, 0.15) is 41.0 Å². The lowest BCUT2D eigenvalue weighted by molar-refractivity contribution is 0.603. The molecular formula is C15H18ClFN2S. The summed E-state index contributed by atoms with van der Waals surface area (Å²) >= 11 is 7.75. The standard InChI is InChI=1S/C15H18ClFN2S/c1-4-18-9(2)15-10(3)19-14(20-15)7-11-5-6-12(17)8-13(11)16/h5-6,8-9,18H,4,7H2,1-3H3. The predicted octanol–water partition coefficient (Wildman–Crippen LogP) is 4.51. The Morgan fingerprint density at radius 2 is 2.20 bits per heavy atom. The molecule has 1 aromatic heterocycles. The fraction of sp³-hybridized carbons (Fsp3) is 0.400. The van der Waals surface area contributed by atoms with E-state index in [0.29, 0.717) is 17.5 Å². The second kappa shape index (κ2) is 6.66. The van der Waals surface area contributed by atoms with Crippen molar-refractivity contribution in [3.63, 3.8) is 0 Å². The lowest BCUT2D eigenvalue weighted by atomic mass is 10.1. The summed E-state index contributed by atoms with van der Waals surface area (Å²) in [5.74, 6) is -0.310. The molecule has 0 spiro atoms. The lowest BCUT2D eigenvalue weighted by Crippen LogP contribution is -2.17. The monoisotopic (exact) mass is 312 g/mol. The van der Waals surface area contributed by atoms with Gasteiger partial charge in [0, 0.05) is 22.4 Å². The zero-order chi connectivity index (χ0) is 14.7. The van der Waals surface area contributed by atoms with Crippen molar-refractivity contribution in [2.75, 3.05) is 6.54 Å². The van der Waals surface area contributed by atoms with Gasteiger partial charge in [-0.25, -0.2) is 9.37 Å². The third-order valence-electron chi connectivity index (χ3n) is 3.14. The van der Waals surface area contributed by atoms with E-state index in [-0.39, 0.29) is 5.82 Å². The average Bonchev–Trinajstić information content (AvgIpc) is 2.74. The van der Waals surface area contributed by atoms with Gasteiger partial charge in [0.15, 0.2) is 0 Å². The molecule has 2 nitrogen and oxygen atoms in total. The van der Waals surface area contributed by atoms with E-state index in [2.05, 4.69) is 24.1 Å². The van der Waals surface area contributed by atoms with Crippen LogP contribution in [0.4, 0.5) is 4.39 Å². The van der Waals surface area contributed by atoms with Gasteiger partial charge in [-0.05, 0) is 38.1 Å². The minimum atomic E-state index is -0.310. The van der Waals surface area contributed by atoms with Crippen molar-refractivity contribution < 1.29 is 4.39 Å². The van der Waals surface area contributed by atoms with Crippen LogP contribution in [0.15, 0.2) is 18.2 Å². The maximum atomic E-state index is 13.0. The van der Waals surface area contributed by atoms with Gasteiger partial charge in [0.25, 0.3) is 0 Å². The summed E-state index contributed by atoms with van der Waals surface area (Å²) in [6.07, 6.45) is 0.642. The van der Waals surface area contributed by atoms with Crippen molar-refractivity contribution in [3.05, 3.63) is 50.2 Å². The van der Waals surface area contributed by atoms with Gasteiger partial charge in [0.1, 0.15) is 5.82 Å². The van der Waals surface area contributed by atoms with Crippen molar-refractivity contribution in [1.82, 2.24) is 10.3 Å². The number of nitrogens with zero attached hydrogens (tertiary/aromatic N) is 1. The van der Waals surface area contributed by atoms with E-state index in [1.165, 1.54) is 17.0 Å². The van der Waals surface area contributed by atoms with Crippen LogP contribution in [0.2, 0.25) is 5.02 Å². The number of rotatable bonds is 5. The quantitative estimate of drug-likeness (QED) is 0.879. The van der Waals surface area contributed by atoms with Gasteiger partial charge in [0.2, 0.25) is 0 Å². The van der Waals surface area contributed by atoms with Crippen molar-refractivity contribution in [2.45, 2.75) is 33.2 Å². The average molecular weight is 313 g/mol. The molecule has 108 valence electrons. The minimum Gasteiger partial charge on any atom is -0.310 e. The molecule has 1 N–H and O–H groups in total. The molecule has 20 heavy (non-hydrogen) atoms. The first-order chi connectivity index (χ1) is 9.51. The Labute approximate surface area is 128 Å². The van der Waals surface area contributed by atoms with Gasteiger partial charge in [-0.3, -0.25) is 0 Å². The van der Waals surface area contributed by atoms with Crippen LogP contribution in [0, 0.1) is 12.7 Å². The number of halogens is 2. The van der Waals surface area contributed by atoms with Crippen molar-refractivity contribution in [1.29, 1.82) is 0 Å². The van der Waals surface area contributed by atoms with E-state index in [0.717, 1.165) is 22.8 Å². The van der Waals surface area contributed by atoms with Crippen LogP contribution >= 0.6 is 22.9 Å². The van der Waals surface area contributed by atoms with Crippen LogP contribution in [0.25, 0.3) is 0 Å². The number of aryl methyl sites for hydroxylation is 1. The first kappa shape index (κ1) is 15.4. The van der Waals surface area contributed by atoms with Gasteiger partial charge < -0.3 is 5.32 Å². The molecular weight excluding hydrogens is 295 g/mol. The Morgan fingerprint density at radius 3 is 2.85 bits per heavy atom. The minimum absolute atomic E-state index is 0.301. The van der Waals surface area contributed by atoms with Gasteiger partial charge in [-0.1, -0.05) is 24.6 Å². The third-order valence-corrected chi connectivity index (χ3v) is 4.83. The molecule has 1 atom stereocenters. The Morgan fingerprint density at radius 1 is 1.45 bits per heavy atom. The lowest BCUT2D eigenvalue weighted by Gasteiger charge is -2.09. The topological polar surface area (TPSA) is 24.9 Å².